The molecule has 0 radical (unpaired) electrons. The minimum Gasteiger partial charge on any atom is -0.481 e. The first-order valence-corrected chi connectivity index (χ1v) is 6.97. The predicted molar refractivity (Wildman–Crippen MR) is 73.8 cm³/mol. The average molecular weight is 327 g/mol. The van der Waals surface area contributed by atoms with E-state index in [0.29, 0.717) is 5.82 Å². The molecule has 0 amide bonds. The molecule has 0 aromatic carbocycles. The summed E-state index contributed by atoms with van der Waals surface area (Å²) in [5.41, 5.74) is 1.54. The zero-order valence-corrected chi connectivity index (χ0v) is 12.2. The Balaban J connectivity index is 2.47. The first-order valence-electron chi connectivity index (χ1n) is 5.30. The molecule has 0 bridgehead atoms. The SMILES string of the molecule is Cc1cc(-c2cc(Br)cs2)nc(C(C)C(=O)O)n1. The Bertz CT molecular complexity index is 598. The Labute approximate surface area is 117 Å². The van der Waals surface area contributed by atoms with Gasteiger partial charge in [0.25, 0.3) is 0 Å². The van der Waals surface area contributed by atoms with E-state index >= 15 is 0 Å². The van der Waals surface area contributed by atoms with E-state index in [4.69, 9.17) is 5.11 Å². The molecule has 0 aliphatic carbocycles. The molecule has 1 unspecified atom stereocenters. The largest absolute Gasteiger partial charge is 0.481 e. The number of carbonyl (C=O) groups is 1. The molecule has 2 aromatic heterocycles. The van der Waals surface area contributed by atoms with E-state index < -0.39 is 11.9 Å². The van der Waals surface area contributed by atoms with Gasteiger partial charge in [-0.3, -0.25) is 4.79 Å². The summed E-state index contributed by atoms with van der Waals surface area (Å²) in [4.78, 5) is 20.5. The van der Waals surface area contributed by atoms with Gasteiger partial charge in [-0.1, -0.05) is 0 Å². The van der Waals surface area contributed by atoms with Crippen LogP contribution in [-0.4, -0.2) is 21.0 Å². The van der Waals surface area contributed by atoms with Crippen LogP contribution in [0.5, 0.6) is 0 Å². The Kier molecular flexibility index (Phi) is 3.77. The van der Waals surface area contributed by atoms with Gasteiger partial charge in [0, 0.05) is 15.5 Å². The van der Waals surface area contributed by atoms with Gasteiger partial charge in [-0.2, -0.15) is 0 Å². The summed E-state index contributed by atoms with van der Waals surface area (Å²) >= 11 is 4.95. The van der Waals surface area contributed by atoms with Crippen molar-refractivity contribution in [3.05, 3.63) is 33.5 Å². The average Bonchev–Trinajstić information content (AvgIpc) is 2.74. The first kappa shape index (κ1) is 13.2. The van der Waals surface area contributed by atoms with Crippen LogP contribution in [0.4, 0.5) is 0 Å². The fraction of sp³-hybridized carbons (Fsp3) is 0.250. The van der Waals surface area contributed by atoms with Crippen molar-refractivity contribution in [2.75, 3.05) is 0 Å². The zero-order chi connectivity index (χ0) is 13.3. The quantitative estimate of drug-likeness (QED) is 0.938. The fourth-order valence-electron chi connectivity index (χ4n) is 1.47. The molecule has 6 heteroatoms. The number of halogens is 1. The maximum absolute atomic E-state index is 11.0. The molecule has 2 rings (SSSR count). The van der Waals surface area contributed by atoms with Crippen LogP contribution in [0, 0.1) is 6.92 Å². The van der Waals surface area contributed by atoms with Crippen LogP contribution >= 0.6 is 27.3 Å². The standard InChI is InChI=1S/C12H11BrN2O2S/c1-6-3-9(10-4-8(13)5-18-10)15-11(14-6)7(2)12(16)17/h3-5,7H,1-2H3,(H,16,17). The molecule has 0 saturated heterocycles. The van der Waals surface area contributed by atoms with E-state index in [1.165, 1.54) is 0 Å². The molecule has 4 nitrogen and oxygen atoms in total. The van der Waals surface area contributed by atoms with Crippen LogP contribution in [0.15, 0.2) is 22.0 Å². The van der Waals surface area contributed by atoms with Crippen molar-refractivity contribution in [1.29, 1.82) is 0 Å². The number of hydrogen-bond donors (Lipinski definition) is 1. The van der Waals surface area contributed by atoms with Crippen molar-refractivity contribution in [3.8, 4) is 10.6 Å². The highest BCUT2D eigenvalue weighted by atomic mass is 79.9. The van der Waals surface area contributed by atoms with Gasteiger partial charge in [-0.25, -0.2) is 9.97 Å². The topological polar surface area (TPSA) is 63.1 Å². The van der Waals surface area contributed by atoms with Crippen molar-refractivity contribution in [2.45, 2.75) is 19.8 Å². The van der Waals surface area contributed by atoms with Gasteiger partial charge >= 0.3 is 5.97 Å². The summed E-state index contributed by atoms with van der Waals surface area (Å²) in [6.07, 6.45) is 0. The van der Waals surface area contributed by atoms with Crippen molar-refractivity contribution in [3.63, 3.8) is 0 Å². The molecule has 0 saturated carbocycles. The smallest absolute Gasteiger partial charge is 0.313 e. The molecule has 94 valence electrons. The number of carboxylic acid groups (broad SMARTS) is 1. The number of hydrogen-bond acceptors (Lipinski definition) is 4. The molecule has 2 aromatic rings. The van der Waals surface area contributed by atoms with Gasteiger partial charge < -0.3 is 5.11 Å². The number of aryl methyl sites for hydroxylation is 1. The van der Waals surface area contributed by atoms with E-state index in [2.05, 4.69) is 25.9 Å². The summed E-state index contributed by atoms with van der Waals surface area (Å²) in [5, 5.41) is 11.0. The highest BCUT2D eigenvalue weighted by molar-refractivity contribution is 9.10. The van der Waals surface area contributed by atoms with Crippen LogP contribution in [0.3, 0.4) is 0 Å². The maximum Gasteiger partial charge on any atom is 0.313 e. The van der Waals surface area contributed by atoms with Crippen LogP contribution in [-0.2, 0) is 4.79 Å². The molecule has 0 aliphatic rings. The van der Waals surface area contributed by atoms with Crippen molar-refractivity contribution in [1.82, 2.24) is 9.97 Å². The van der Waals surface area contributed by atoms with Crippen molar-refractivity contribution in [2.24, 2.45) is 0 Å². The van der Waals surface area contributed by atoms with Gasteiger partial charge in [-0.05, 0) is 41.9 Å². The lowest BCUT2D eigenvalue weighted by Gasteiger charge is -2.07. The molecule has 0 fully saturated rings. The molecule has 2 heterocycles. The summed E-state index contributed by atoms with van der Waals surface area (Å²) < 4.78 is 0.992. The Morgan fingerprint density at radius 3 is 2.72 bits per heavy atom. The molecular formula is C12H11BrN2O2S. The summed E-state index contributed by atoms with van der Waals surface area (Å²) in [5.74, 6) is -1.27. The number of aliphatic carboxylic acids is 1. The predicted octanol–water partition coefficient (Wildman–Crippen LogP) is 3.46. The number of aromatic nitrogens is 2. The van der Waals surface area contributed by atoms with Crippen LogP contribution < -0.4 is 0 Å². The van der Waals surface area contributed by atoms with E-state index in [0.717, 1.165) is 20.7 Å². The highest BCUT2D eigenvalue weighted by Crippen LogP contribution is 2.29. The summed E-state index contributed by atoms with van der Waals surface area (Å²) in [6, 6.07) is 3.82. The molecule has 1 N–H and O–H groups in total. The molecular weight excluding hydrogens is 316 g/mol. The Morgan fingerprint density at radius 1 is 1.44 bits per heavy atom. The van der Waals surface area contributed by atoms with Crippen LogP contribution in [0.2, 0.25) is 0 Å². The van der Waals surface area contributed by atoms with E-state index in [1.54, 1.807) is 18.3 Å². The second kappa shape index (κ2) is 5.16. The van der Waals surface area contributed by atoms with Crippen LogP contribution in [0.1, 0.15) is 24.4 Å². The summed E-state index contributed by atoms with van der Waals surface area (Å²) in [6.45, 7) is 3.43. The minimum absolute atomic E-state index is 0.349. The highest BCUT2D eigenvalue weighted by Gasteiger charge is 2.18. The Morgan fingerprint density at radius 2 is 2.17 bits per heavy atom. The monoisotopic (exact) mass is 326 g/mol. The van der Waals surface area contributed by atoms with Gasteiger partial charge in [0.2, 0.25) is 0 Å². The third kappa shape index (κ3) is 2.76. The van der Waals surface area contributed by atoms with Crippen LogP contribution in [0.25, 0.3) is 10.6 Å². The minimum atomic E-state index is -0.918. The number of thiophene rings is 1. The molecule has 18 heavy (non-hydrogen) atoms. The second-order valence-corrected chi connectivity index (χ2v) is 5.77. The van der Waals surface area contributed by atoms with Gasteiger partial charge in [0.15, 0.2) is 0 Å². The third-order valence-corrected chi connectivity index (χ3v) is 4.16. The van der Waals surface area contributed by atoms with Gasteiger partial charge in [-0.15, -0.1) is 11.3 Å². The molecule has 0 aliphatic heterocycles. The number of nitrogens with zero attached hydrogens (tertiary/aromatic N) is 2. The van der Waals surface area contributed by atoms with Gasteiger partial charge in [0.1, 0.15) is 11.7 Å². The lowest BCUT2D eigenvalue weighted by atomic mass is 10.1. The first-order chi connectivity index (χ1) is 8.47. The lowest BCUT2D eigenvalue weighted by Crippen LogP contribution is -2.12. The number of rotatable bonds is 3. The number of carboxylic acids is 1. The van der Waals surface area contributed by atoms with Crippen molar-refractivity contribution >= 4 is 33.2 Å². The molecule has 0 spiro atoms. The normalized spacial score (nSPS) is 12.4. The maximum atomic E-state index is 11.0. The molecule has 1 atom stereocenters. The lowest BCUT2D eigenvalue weighted by molar-refractivity contribution is -0.138. The third-order valence-electron chi connectivity index (χ3n) is 2.45. The van der Waals surface area contributed by atoms with E-state index in [-0.39, 0.29) is 0 Å². The van der Waals surface area contributed by atoms with Crippen molar-refractivity contribution < 1.29 is 9.90 Å². The zero-order valence-electron chi connectivity index (χ0n) is 9.85. The van der Waals surface area contributed by atoms with E-state index in [1.807, 2.05) is 24.4 Å². The van der Waals surface area contributed by atoms with E-state index in [9.17, 15) is 4.79 Å². The van der Waals surface area contributed by atoms with Gasteiger partial charge in [0.05, 0.1) is 10.6 Å². The fourth-order valence-corrected chi connectivity index (χ4v) is 2.86. The summed E-state index contributed by atoms with van der Waals surface area (Å²) in [7, 11) is 0. The second-order valence-electron chi connectivity index (χ2n) is 3.94. The Hall–Kier alpha value is -1.27.